The molecule has 0 aliphatic rings. The molecule has 1 rings (SSSR count). The highest BCUT2D eigenvalue weighted by molar-refractivity contribution is 7.92. The number of ether oxygens (including phenoxy) is 1. The zero-order chi connectivity index (χ0) is 14.7. The lowest BCUT2D eigenvalue weighted by Crippen LogP contribution is -2.33. The fraction of sp³-hybridized carbons (Fsp3) is 0.462. The molecule has 0 radical (unpaired) electrons. The van der Waals surface area contributed by atoms with Crippen molar-refractivity contribution in [1.29, 1.82) is 0 Å². The second kappa shape index (κ2) is 5.79. The second-order valence-electron chi connectivity index (χ2n) is 4.68. The van der Waals surface area contributed by atoms with E-state index in [0.717, 1.165) is 6.07 Å². The third-order valence-electron chi connectivity index (χ3n) is 3.15. The van der Waals surface area contributed by atoms with Gasteiger partial charge in [-0.05, 0) is 31.5 Å². The Morgan fingerprint density at radius 1 is 1.37 bits per heavy atom. The monoisotopic (exact) mass is 288 g/mol. The maximum atomic E-state index is 13.3. The topological polar surface area (TPSA) is 60.4 Å². The summed E-state index contributed by atoms with van der Waals surface area (Å²) < 4.78 is 41.3. The van der Waals surface area contributed by atoms with Crippen LogP contribution in [0.4, 0.5) is 4.39 Å². The molecule has 1 aromatic rings. The van der Waals surface area contributed by atoms with Crippen molar-refractivity contribution in [3.8, 4) is 0 Å². The van der Waals surface area contributed by atoms with Gasteiger partial charge in [0.2, 0.25) is 0 Å². The molecule has 0 aliphatic carbocycles. The van der Waals surface area contributed by atoms with Gasteiger partial charge in [0.25, 0.3) is 0 Å². The Morgan fingerprint density at radius 2 is 2.00 bits per heavy atom. The van der Waals surface area contributed by atoms with Crippen LogP contribution in [0.5, 0.6) is 0 Å². The Kier molecular flexibility index (Phi) is 4.81. The summed E-state index contributed by atoms with van der Waals surface area (Å²) in [4.78, 5) is 10.7. The molecule has 0 aliphatic heterocycles. The molecule has 6 heteroatoms. The van der Waals surface area contributed by atoms with E-state index in [1.165, 1.54) is 33.1 Å². The van der Waals surface area contributed by atoms with Crippen LogP contribution in [0.15, 0.2) is 18.2 Å². The first-order valence-electron chi connectivity index (χ1n) is 5.72. The van der Waals surface area contributed by atoms with Crippen LogP contribution in [0.3, 0.4) is 0 Å². The molecule has 0 heterocycles. The summed E-state index contributed by atoms with van der Waals surface area (Å²) in [6.45, 7) is 3.15. The number of carbonyl (C=O) groups is 1. The molecule has 0 amide bonds. The van der Waals surface area contributed by atoms with Gasteiger partial charge in [-0.1, -0.05) is 6.07 Å². The minimum Gasteiger partial charge on any atom is -0.384 e. The maximum absolute atomic E-state index is 13.3. The Morgan fingerprint density at radius 3 is 2.53 bits per heavy atom. The molecule has 0 fully saturated rings. The summed E-state index contributed by atoms with van der Waals surface area (Å²) in [5, 5.41) is 0. The Labute approximate surface area is 112 Å². The van der Waals surface area contributed by atoms with Crippen LogP contribution < -0.4 is 0 Å². The summed E-state index contributed by atoms with van der Waals surface area (Å²) in [6.07, 6.45) is 0.372. The first kappa shape index (κ1) is 15.8. The van der Waals surface area contributed by atoms with Crippen LogP contribution in [0.2, 0.25) is 0 Å². The van der Waals surface area contributed by atoms with Crippen molar-refractivity contribution < 1.29 is 22.3 Å². The molecule has 0 saturated carbocycles. The molecule has 4 nitrogen and oxygen atoms in total. The van der Waals surface area contributed by atoms with E-state index in [0.29, 0.717) is 11.8 Å². The van der Waals surface area contributed by atoms with Crippen LogP contribution in [0.25, 0.3) is 0 Å². The van der Waals surface area contributed by atoms with E-state index in [2.05, 4.69) is 0 Å². The molecule has 0 unspecified atom stereocenters. The minimum absolute atomic E-state index is 0.0908. The smallest absolute Gasteiger partial charge is 0.161 e. The first-order chi connectivity index (χ1) is 8.76. The van der Waals surface area contributed by atoms with E-state index in [1.807, 2.05) is 0 Å². The predicted octanol–water partition coefficient (Wildman–Crippen LogP) is 1.93. The van der Waals surface area contributed by atoms with Crippen LogP contribution in [-0.4, -0.2) is 34.2 Å². The molecular formula is C13H17FO4S. The molecular weight excluding hydrogens is 271 g/mol. The van der Waals surface area contributed by atoms with E-state index in [1.54, 1.807) is 0 Å². The summed E-state index contributed by atoms with van der Waals surface area (Å²) >= 11 is 0. The zero-order valence-electron chi connectivity index (χ0n) is 11.1. The van der Waals surface area contributed by atoms with Gasteiger partial charge in [0.1, 0.15) is 5.82 Å². The highest BCUT2D eigenvalue weighted by Gasteiger charge is 2.36. The SMILES string of the molecule is COCCS(=O)(=O)C(C)(C)c1ccc(F)c(C=O)c1. The predicted molar refractivity (Wildman–Crippen MR) is 70.5 cm³/mol. The average molecular weight is 288 g/mol. The van der Waals surface area contributed by atoms with Gasteiger partial charge in [0.05, 0.1) is 22.7 Å². The fourth-order valence-corrected chi connectivity index (χ4v) is 3.02. The Balaban J connectivity index is 3.23. The third kappa shape index (κ3) is 3.19. The van der Waals surface area contributed by atoms with Gasteiger partial charge < -0.3 is 4.74 Å². The second-order valence-corrected chi connectivity index (χ2v) is 7.33. The lowest BCUT2D eigenvalue weighted by atomic mass is 10.00. The molecule has 19 heavy (non-hydrogen) atoms. The number of halogens is 1. The zero-order valence-corrected chi connectivity index (χ0v) is 12.0. The van der Waals surface area contributed by atoms with Crippen LogP contribution in [0.1, 0.15) is 29.8 Å². The van der Waals surface area contributed by atoms with E-state index < -0.39 is 20.4 Å². The van der Waals surface area contributed by atoms with Crippen LogP contribution in [0, 0.1) is 5.82 Å². The molecule has 106 valence electrons. The number of hydrogen-bond donors (Lipinski definition) is 0. The summed E-state index contributed by atoms with van der Waals surface area (Å²) in [5.41, 5.74) is 0.236. The number of hydrogen-bond acceptors (Lipinski definition) is 4. The Hall–Kier alpha value is -1.27. The summed E-state index contributed by atoms with van der Waals surface area (Å²) in [5.74, 6) is -0.798. The molecule has 1 aromatic carbocycles. The van der Waals surface area contributed by atoms with Gasteiger partial charge >= 0.3 is 0 Å². The first-order valence-corrected chi connectivity index (χ1v) is 7.38. The lowest BCUT2D eigenvalue weighted by molar-refractivity contribution is 0.111. The number of aldehydes is 1. The molecule has 0 saturated heterocycles. The molecule has 0 N–H and O–H groups in total. The van der Waals surface area contributed by atoms with Gasteiger partial charge in [-0.25, -0.2) is 12.8 Å². The highest BCUT2D eigenvalue weighted by atomic mass is 32.2. The maximum Gasteiger partial charge on any atom is 0.161 e. The van der Waals surface area contributed by atoms with Crippen molar-refractivity contribution in [1.82, 2.24) is 0 Å². The molecule has 0 spiro atoms. The normalized spacial score (nSPS) is 12.4. The van der Waals surface area contributed by atoms with Crippen LogP contribution >= 0.6 is 0 Å². The van der Waals surface area contributed by atoms with E-state index >= 15 is 0 Å². The molecule has 0 bridgehead atoms. The largest absolute Gasteiger partial charge is 0.384 e. The minimum atomic E-state index is -3.48. The number of methoxy groups -OCH3 is 1. The standard InChI is InChI=1S/C13H17FO4S/c1-13(2,19(16,17)7-6-18-3)11-4-5-12(14)10(8-11)9-15/h4-5,8-9H,6-7H2,1-3H3. The third-order valence-corrected chi connectivity index (χ3v) is 5.65. The van der Waals surface area contributed by atoms with Gasteiger partial charge in [-0.15, -0.1) is 0 Å². The van der Waals surface area contributed by atoms with Crippen molar-refractivity contribution in [2.75, 3.05) is 19.5 Å². The van der Waals surface area contributed by atoms with Gasteiger partial charge in [-0.2, -0.15) is 0 Å². The Bertz CT molecular complexity index is 564. The van der Waals surface area contributed by atoms with Crippen molar-refractivity contribution in [2.24, 2.45) is 0 Å². The lowest BCUT2D eigenvalue weighted by Gasteiger charge is -2.25. The number of rotatable bonds is 6. The number of carbonyl (C=O) groups excluding carboxylic acids is 1. The fourth-order valence-electron chi connectivity index (χ4n) is 1.64. The van der Waals surface area contributed by atoms with Gasteiger partial charge in [0.15, 0.2) is 16.1 Å². The average Bonchev–Trinajstić information content (AvgIpc) is 2.36. The van der Waals surface area contributed by atoms with E-state index in [-0.39, 0.29) is 17.9 Å². The highest BCUT2D eigenvalue weighted by Crippen LogP contribution is 2.31. The summed E-state index contributed by atoms with van der Waals surface area (Å²) in [6, 6.07) is 3.76. The molecule has 0 aromatic heterocycles. The summed E-state index contributed by atoms with van der Waals surface area (Å²) in [7, 11) is -2.05. The van der Waals surface area contributed by atoms with Crippen molar-refractivity contribution in [3.63, 3.8) is 0 Å². The van der Waals surface area contributed by atoms with Crippen molar-refractivity contribution >= 4 is 16.1 Å². The van der Waals surface area contributed by atoms with E-state index in [4.69, 9.17) is 4.74 Å². The quantitative estimate of drug-likeness (QED) is 0.750. The molecule has 0 atom stereocenters. The van der Waals surface area contributed by atoms with Crippen molar-refractivity contribution in [2.45, 2.75) is 18.6 Å². The van der Waals surface area contributed by atoms with Gasteiger partial charge in [-0.3, -0.25) is 4.79 Å². The number of sulfone groups is 1. The van der Waals surface area contributed by atoms with Crippen LogP contribution in [-0.2, 0) is 19.3 Å². The van der Waals surface area contributed by atoms with Gasteiger partial charge in [0, 0.05) is 7.11 Å². The van der Waals surface area contributed by atoms with E-state index in [9.17, 15) is 17.6 Å². The number of benzene rings is 1. The van der Waals surface area contributed by atoms with Crippen molar-refractivity contribution in [3.05, 3.63) is 35.1 Å².